The second kappa shape index (κ2) is 7.56. The van der Waals surface area contributed by atoms with Gasteiger partial charge in [0.15, 0.2) is 0 Å². The predicted octanol–water partition coefficient (Wildman–Crippen LogP) is 4.24. The van der Waals surface area contributed by atoms with Gasteiger partial charge in [0.25, 0.3) is 0 Å². The summed E-state index contributed by atoms with van der Waals surface area (Å²) in [5, 5.41) is 4.52. The Kier molecular flexibility index (Phi) is 5.50. The smallest absolute Gasteiger partial charge is 0.247 e. The molecule has 0 aliphatic heterocycles. The maximum atomic E-state index is 13.7. The van der Waals surface area contributed by atoms with Crippen LogP contribution in [-0.2, 0) is 28.7 Å². The van der Waals surface area contributed by atoms with Crippen molar-refractivity contribution in [2.24, 2.45) is 0 Å². The van der Waals surface area contributed by atoms with E-state index in [1.54, 1.807) is 30.0 Å². The first-order chi connectivity index (χ1) is 13.1. The van der Waals surface area contributed by atoms with Crippen LogP contribution in [0.3, 0.4) is 0 Å². The first-order valence-corrected chi connectivity index (χ1v) is 10.7. The molecular formula is C21H27N3O3S. The zero-order chi connectivity index (χ0) is 20.5. The fourth-order valence-electron chi connectivity index (χ4n) is 3.37. The van der Waals surface area contributed by atoms with E-state index in [0.717, 1.165) is 5.56 Å². The molecule has 0 saturated carbocycles. The van der Waals surface area contributed by atoms with Crippen LogP contribution in [0.25, 0.3) is 0 Å². The Morgan fingerprint density at radius 3 is 2.25 bits per heavy atom. The fraction of sp³-hybridized carbons (Fsp3) is 0.381. The highest BCUT2D eigenvalue weighted by Crippen LogP contribution is 2.29. The summed E-state index contributed by atoms with van der Waals surface area (Å²) in [5.41, 5.74) is 1.75. The summed E-state index contributed by atoms with van der Waals surface area (Å²) < 4.78 is 36.0. The van der Waals surface area contributed by atoms with Crippen LogP contribution in [0, 0.1) is 13.8 Å². The van der Waals surface area contributed by atoms with Crippen LogP contribution in [0.5, 0.6) is 0 Å². The zero-order valence-electron chi connectivity index (χ0n) is 17.0. The predicted molar refractivity (Wildman–Crippen MR) is 108 cm³/mol. The molecule has 3 rings (SSSR count). The number of hydrogen-bond acceptors (Lipinski definition) is 4. The lowest BCUT2D eigenvalue weighted by atomic mass is 10.1. The van der Waals surface area contributed by atoms with Crippen LogP contribution in [-0.4, -0.2) is 22.5 Å². The minimum atomic E-state index is -3.79. The first kappa shape index (κ1) is 20.4. The van der Waals surface area contributed by atoms with E-state index in [4.69, 9.17) is 4.42 Å². The standard InChI is InChI=1S/C21H27N3O3S/c1-16-20(17(2)24(22-16)21(3,4)5)28(25,26)23(15-19-12-9-13-27-19)14-18-10-7-6-8-11-18/h6-13H,14-15H2,1-5H3. The van der Waals surface area contributed by atoms with E-state index in [1.807, 2.05) is 58.0 Å². The molecule has 28 heavy (non-hydrogen) atoms. The van der Waals surface area contributed by atoms with Crippen molar-refractivity contribution < 1.29 is 12.8 Å². The minimum Gasteiger partial charge on any atom is -0.468 e. The Morgan fingerprint density at radius 2 is 1.71 bits per heavy atom. The van der Waals surface area contributed by atoms with Crippen LogP contribution < -0.4 is 0 Å². The third-order valence-electron chi connectivity index (χ3n) is 4.57. The number of sulfonamides is 1. The summed E-state index contributed by atoms with van der Waals surface area (Å²) >= 11 is 0. The van der Waals surface area contributed by atoms with Crippen molar-refractivity contribution in [1.82, 2.24) is 14.1 Å². The second-order valence-electron chi connectivity index (χ2n) is 7.92. The van der Waals surface area contributed by atoms with Crippen molar-refractivity contribution >= 4 is 10.0 Å². The number of hydrogen-bond donors (Lipinski definition) is 0. The van der Waals surface area contributed by atoms with Crippen molar-refractivity contribution in [3.05, 3.63) is 71.4 Å². The van der Waals surface area contributed by atoms with Crippen LogP contribution in [0.1, 0.15) is 43.5 Å². The van der Waals surface area contributed by atoms with E-state index >= 15 is 0 Å². The zero-order valence-corrected chi connectivity index (χ0v) is 17.8. The molecule has 0 unspecified atom stereocenters. The van der Waals surface area contributed by atoms with E-state index in [1.165, 1.54) is 4.31 Å². The molecule has 0 fully saturated rings. The summed E-state index contributed by atoms with van der Waals surface area (Å²) in [6.45, 7) is 9.99. The number of aromatic nitrogens is 2. The van der Waals surface area contributed by atoms with Gasteiger partial charge in [-0.3, -0.25) is 4.68 Å². The van der Waals surface area contributed by atoms with Crippen molar-refractivity contribution in [2.45, 2.75) is 58.1 Å². The molecular weight excluding hydrogens is 374 g/mol. The van der Waals surface area contributed by atoms with Gasteiger partial charge < -0.3 is 4.42 Å². The van der Waals surface area contributed by atoms with E-state index in [2.05, 4.69) is 5.10 Å². The van der Waals surface area contributed by atoms with Gasteiger partial charge in [-0.2, -0.15) is 9.40 Å². The number of benzene rings is 1. The first-order valence-electron chi connectivity index (χ1n) is 9.24. The van der Waals surface area contributed by atoms with Gasteiger partial charge in [0, 0.05) is 6.54 Å². The number of furan rings is 1. The number of nitrogens with zero attached hydrogens (tertiary/aromatic N) is 3. The molecule has 3 aromatic rings. The van der Waals surface area contributed by atoms with Crippen molar-refractivity contribution in [2.75, 3.05) is 0 Å². The Hall–Kier alpha value is -2.38. The largest absolute Gasteiger partial charge is 0.468 e. The van der Waals surface area contributed by atoms with Crippen LogP contribution >= 0.6 is 0 Å². The lowest BCUT2D eigenvalue weighted by molar-refractivity contribution is 0.344. The van der Waals surface area contributed by atoms with Crippen LogP contribution in [0.2, 0.25) is 0 Å². The molecule has 0 amide bonds. The average Bonchev–Trinajstić information content (AvgIpc) is 3.22. The second-order valence-corrected chi connectivity index (χ2v) is 9.80. The van der Waals surface area contributed by atoms with Crippen molar-refractivity contribution in [1.29, 1.82) is 0 Å². The molecule has 0 radical (unpaired) electrons. The maximum Gasteiger partial charge on any atom is 0.247 e. The highest BCUT2D eigenvalue weighted by Gasteiger charge is 2.33. The van der Waals surface area contributed by atoms with Gasteiger partial charge in [0.05, 0.1) is 29.7 Å². The molecule has 6 nitrogen and oxygen atoms in total. The summed E-state index contributed by atoms with van der Waals surface area (Å²) in [5.74, 6) is 0.595. The Bertz CT molecular complexity index is 1030. The van der Waals surface area contributed by atoms with Gasteiger partial charge in [-0.25, -0.2) is 8.42 Å². The number of aryl methyl sites for hydroxylation is 1. The lowest BCUT2D eigenvalue weighted by Crippen LogP contribution is -2.31. The molecule has 150 valence electrons. The SMILES string of the molecule is Cc1nn(C(C)(C)C)c(C)c1S(=O)(=O)N(Cc1ccccc1)Cc1ccco1. The molecule has 2 aromatic heterocycles. The monoisotopic (exact) mass is 401 g/mol. The Balaban J connectivity index is 2.07. The minimum absolute atomic E-state index is 0.157. The van der Waals surface area contributed by atoms with E-state index in [0.29, 0.717) is 17.1 Å². The van der Waals surface area contributed by atoms with Crippen LogP contribution in [0.4, 0.5) is 0 Å². The molecule has 0 aliphatic rings. The highest BCUT2D eigenvalue weighted by atomic mass is 32.2. The van der Waals surface area contributed by atoms with Gasteiger partial charge in [-0.1, -0.05) is 30.3 Å². The molecule has 7 heteroatoms. The van der Waals surface area contributed by atoms with Gasteiger partial charge in [-0.15, -0.1) is 0 Å². The molecule has 0 saturated heterocycles. The van der Waals surface area contributed by atoms with Gasteiger partial charge >= 0.3 is 0 Å². The molecule has 2 heterocycles. The molecule has 1 aromatic carbocycles. The lowest BCUT2D eigenvalue weighted by Gasteiger charge is -2.23. The van der Waals surface area contributed by atoms with E-state index in [-0.39, 0.29) is 23.5 Å². The summed E-state index contributed by atoms with van der Waals surface area (Å²) in [7, 11) is -3.79. The quantitative estimate of drug-likeness (QED) is 0.620. The normalized spacial score (nSPS) is 12.6. The molecule has 0 N–H and O–H groups in total. The van der Waals surface area contributed by atoms with Crippen molar-refractivity contribution in [3.63, 3.8) is 0 Å². The highest BCUT2D eigenvalue weighted by molar-refractivity contribution is 7.89. The van der Waals surface area contributed by atoms with Crippen molar-refractivity contribution in [3.8, 4) is 0 Å². The summed E-state index contributed by atoms with van der Waals surface area (Å²) in [6, 6.07) is 13.1. The molecule has 0 bridgehead atoms. The van der Waals surface area contributed by atoms with Gasteiger partial charge in [-0.05, 0) is 52.3 Å². The van der Waals surface area contributed by atoms with E-state index in [9.17, 15) is 8.42 Å². The third kappa shape index (κ3) is 4.05. The Morgan fingerprint density at radius 1 is 1.04 bits per heavy atom. The van der Waals surface area contributed by atoms with Crippen LogP contribution in [0.15, 0.2) is 58.0 Å². The third-order valence-corrected chi connectivity index (χ3v) is 6.62. The van der Waals surface area contributed by atoms with Gasteiger partial charge in [0.1, 0.15) is 10.7 Å². The summed E-state index contributed by atoms with van der Waals surface area (Å²) in [4.78, 5) is 0.268. The molecule has 0 atom stereocenters. The fourth-order valence-corrected chi connectivity index (χ4v) is 5.12. The Labute approximate surface area is 166 Å². The average molecular weight is 402 g/mol. The molecule has 0 aliphatic carbocycles. The maximum absolute atomic E-state index is 13.7. The van der Waals surface area contributed by atoms with Gasteiger partial charge in [0.2, 0.25) is 10.0 Å². The number of rotatable bonds is 6. The summed E-state index contributed by atoms with van der Waals surface area (Å²) in [6.07, 6.45) is 1.55. The topological polar surface area (TPSA) is 68.3 Å². The van der Waals surface area contributed by atoms with E-state index < -0.39 is 10.0 Å². The molecule has 0 spiro atoms.